The van der Waals surface area contributed by atoms with Crippen LogP contribution in [0, 0.1) is 5.82 Å². The first kappa shape index (κ1) is 19.0. The maximum atomic E-state index is 13.2. The van der Waals surface area contributed by atoms with Gasteiger partial charge < -0.3 is 5.32 Å². The quantitative estimate of drug-likeness (QED) is 0.851. The van der Waals surface area contributed by atoms with E-state index in [2.05, 4.69) is 10.4 Å². The van der Waals surface area contributed by atoms with Gasteiger partial charge in [0.15, 0.2) is 5.69 Å². The number of piperidine rings is 1. The summed E-state index contributed by atoms with van der Waals surface area (Å²) < 4.78 is 40.0. The largest absolute Gasteiger partial charge is 0.348 e. The molecule has 0 bridgehead atoms. The summed E-state index contributed by atoms with van der Waals surface area (Å²) in [4.78, 5) is 14.6. The fourth-order valence-electron chi connectivity index (χ4n) is 4.12. The van der Waals surface area contributed by atoms with Crippen molar-refractivity contribution in [2.45, 2.75) is 44.6 Å². The molecule has 1 aromatic heterocycles. The number of carbonyl (C=O) groups excluding carboxylic acids is 1. The second-order valence-corrected chi connectivity index (χ2v) is 7.46. The average molecular weight is 392 g/mol. The van der Waals surface area contributed by atoms with E-state index in [0.717, 1.165) is 36.2 Å². The van der Waals surface area contributed by atoms with E-state index in [9.17, 15) is 18.0 Å². The van der Waals surface area contributed by atoms with Gasteiger partial charge in [-0.1, -0.05) is 0 Å². The van der Waals surface area contributed by atoms with Crippen molar-refractivity contribution in [3.63, 3.8) is 0 Å². The fraction of sp³-hybridized carbons (Fsp3) is 0.500. The van der Waals surface area contributed by atoms with E-state index in [0.29, 0.717) is 31.6 Å². The van der Waals surface area contributed by atoms with Crippen LogP contribution < -0.4 is 5.32 Å². The van der Waals surface area contributed by atoms with Crippen LogP contribution in [0.5, 0.6) is 0 Å². The van der Waals surface area contributed by atoms with E-state index >= 15 is 0 Å². The van der Waals surface area contributed by atoms with Gasteiger partial charge in [-0.05, 0) is 56.4 Å². The van der Waals surface area contributed by atoms with Crippen molar-refractivity contribution in [1.82, 2.24) is 20.0 Å². The highest BCUT2D eigenvalue weighted by atomic mass is 19.3. The van der Waals surface area contributed by atoms with Crippen molar-refractivity contribution in [2.75, 3.05) is 19.6 Å². The topological polar surface area (TPSA) is 50.2 Å². The molecule has 1 saturated heterocycles. The minimum absolute atomic E-state index is 0.0329. The molecule has 0 spiro atoms. The molecule has 0 unspecified atom stereocenters. The lowest BCUT2D eigenvalue weighted by molar-refractivity contribution is 0.0695. The molecule has 1 aliphatic carbocycles. The predicted molar refractivity (Wildman–Crippen MR) is 98.5 cm³/mol. The monoisotopic (exact) mass is 392 g/mol. The van der Waals surface area contributed by atoms with Gasteiger partial charge in [0.1, 0.15) is 5.82 Å². The molecule has 0 atom stereocenters. The highest BCUT2D eigenvalue weighted by Crippen LogP contribution is 2.28. The SMILES string of the molecule is O=C(NC1CCN(CC(F)F)CC1)c1nn(-c2ccc(F)cc2)c2c1CCC2. The first-order chi connectivity index (χ1) is 13.5. The summed E-state index contributed by atoms with van der Waals surface area (Å²) in [6, 6.07) is 6.04. The van der Waals surface area contributed by atoms with Crippen LogP contribution in [-0.2, 0) is 12.8 Å². The molecular weight excluding hydrogens is 369 g/mol. The third-order valence-electron chi connectivity index (χ3n) is 5.54. The van der Waals surface area contributed by atoms with Crippen LogP contribution >= 0.6 is 0 Å². The Morgan fingerprint density at radius 2 is 1.89 bits per heavy atom. The van der Waals surface area contributed by atoms with Crippen LogP contribution in [0.3, 0.4) is 0 Å². The first-order valence-electron chi connectivity index (χ1n) is 9.69. The molecule has 1 aromatic carbocycles. The molecule has 28 heavy (non-hydrogen) atoms. The number of nitrogens with zero attached hydrogens (tertiary/aromatic N) is 3. The highest BCUT2D eigenvalue weighted by molar-refractivity contribution is 5.94. The number of nitrogens with one attached hydrogen (secondary N) is 1. The zero-order valence-corrected chi connectivity index (χ0v) is 15.5. The maximum absolute atomic E-state index is 13.2. The Morgan fingerprint density at radius 3 is 2.57 bits per heavy atom. The Kier molecular flexibility index (Phi) is 5.39. The van der Waals surface area contributed by atoms with E-state index in [4.69, 9.17) is 0 Å². The molecule has 2 aromatic rings. The number of hydrogen-bond acceptors (Lipinski definition) is 3. The Balaban J connectivity index is 1.47. The molecule has 5 nitrogen and oxygen atoms in total. The number of benzene rings is 1. The van der Waals surface area contributed by atoms with Crippen LogP contribution in [0.1, 0.15) is 41.0 Å². The summed E-state index contributed by atoms with van der Waals surface area (Å²) >= 11 is 0. The Morgan fingerprint density at radius 1 is 1.18 bits per heavy atom. The molecule has 0 saturated carbocycles. The number of aromatic nitrogens is 2. The summed E-state index contributed by atoms with van der Waals surface area (Å²) in [6.07, 6.45) is 1.56. The van der Waals surface area contributed by atoms with Crippen molar-refractivity contribution < 1.29 is 18.0 Å². The molecule has 1 fully saturated rings. The van der Waals surface area contributed by atoms with Gasteiger partial charge in [0.25, 0.3) is 12.3 Å². The van der Waals surface area contributed by atoms with Gasteiger partial charge in [-0.25, -0.2) is 17.9 Å². The van der Waals surface area contributed by atoms with Crippen LogP contribution in [0.2, 0.25) is 0 Å². The van der Waals surface area contributed by atoms with Crippen LogP contribution in [0.15, 0.2) is 24.3 Å². The molecule has 2 heterocycles. The maximum Gasteiger partial charge on any atom is 0.272 e. The van der Waals surface area contributed by atoms with Gasteiger partial charge in [0, 0.05) is 30.4 Å². The van der Waals surface area contributed by atoms with Gasteiger partial charge in [-0.2, -0.15) is 5.10 Å². The van der Waals surface area contributed by atoms with Gasteiger partial charge in [0.05, 0.1) is 12.2 Å². The summed E-state index contributed by atoms with van der Waals surface area (Å²) in [7, 11) is 0. The second-order valence-electron chi connectivity index (χ2n) is 7.46. The van der Waals surface area contributed by atoms with E-state index in [1.54, 1.807) is 21.7 Å². The van der Waals surface area contributed by atoms with Crippen molar-refractivity contribution in [3.8, 4) is 5.69 Å². The molecule has 8 heteroatoms. The fourth-order valence-corrected chi connectivity index (χ4v) is 4.12. The van der Waals surface area contributed by atoms with Crippen LogP contribution in [0.4, 0.5) is 13.2 Å². The number of hydrogen-bond donors (Lipinski definition) is 1. The molecule has 0 radical (unpaired) electrons. The first-order valence-corrected chi connectivity index (χ1v) is 9.69. The molecule has 1 N–H and O–H groups in total. The molecule has 1 amide bonds. The lowest BCUT2D eigenvalue weighted by Crippen LogP contribution is -2.46. The van der Waals surface area contributed by atoms with E-state index in [1.807, 2.05) is 0 Å². The molecule has 2 aliphatic rings. The minimum Gasteiger partial charge on any atom is -0.348 e. The van der Waals surface area contributed by atoms with Crippen molar-refractivity contribution in [1.29, 1.82) is 0 Å². The van der Waals surface area contributed by atoms with E-state index in [-0.39, 0.29) is 24.3 Å². The van der Waals surface area contributed by atoms with Crippen molar-refractivity contribution in [2.24, 2.45) is 0 Å². The number of likely N-dealkylation sites (tertiary alicyclic amines) is 1. The zero-order chi connectivity index (χ0) is 19.7. The van der Waals surface area contributed by atoms with Crippen LogP contribution in [0.25, 0.3) is 5.69 Å². The minimum atomic E-state index is -2.33. The number of carbonyl (C=O) groups is 1. The third-order valence-corrected chi connectivity index (χ3v) is 5.54. The third kappa shape index (κ3) is 3.92. The Bertz CT molecular complexity index is 842. The van der Waals surface area contributed by atoms with E-state index < -0.39 is 6.43 Å². The smallest absolute Gasteiger partial charge is 0.272 e. The number of alkyl halides is 2. The van der Waals surface area contributed by atoms with Gasteiger partial charge in [0.2, 0.25) is 0 Å². The molecule has 1 aliphatic heterocycles. The summed E-state index contributed by atoms with van der Waals surface area (Å²) in [5.41, 5.74) is 3.12. The summed E-state index contributed by atoms with van der Waals surface area (Å²) in [5, 5.41) is 7.55. The molecular formula is C20H23F3N4O. The number of amides is 1. The predicted octanol–water partition coefficient (Wildman–Crippen LogP) is 2.96. The summed E-state index contributed by atoms with van der Waals surface area (Å²) in [6.45, 7) is 0.894. The van der Waals surface area contributed by atoms with E-state index in [1.165, 1.54) is 12.1 Å². The summed E-state index contributed by atoms with van der Waals surface area (Å²) in [5.74, 6) is -0.532. The zero-order valence-electron chi connectivity index (χ0n) is 15.5. The molecule has 4 rings (SSSR count). The number of fused-ring (bicyclic) bond motifs is 1. The second kappa shape index (κ2) is 7.95. The van der Waals surface area contributed by atoms with Crippen LogP contribution in [-0.4, -0.2) is 52.7 Å². The Labute approximate surface area is 161 Å². The number of halogens is 3. The Hall–Kier alpha value is -2.35. The van der Waals surface area contributed by atoms with Gasteiger partial charge >= 0.3 is 0 Å². The average Bonchev–Trinajstić information content (AvgIpc) is 3.26. The van der Waals surface area contributed by atoms with Gasteiger partial charge in [-0.3, -0.25) is 9.69 Å². The highest BCUT2D eigenvalue weighted by Gasteiger charge is 2.29. The lowest BCUT2D eigenvalue weighted by atomic mass is 10.0. The lowest BCUT2D eigenvalue weighted by Gasteiger charge is -2.31. The van der Waals surface area contributed by atoms with Gasteiger partial charge in [-0.15, -0.1) is 0 Å². The van der Waals surface area contributed by atoms with Crippen molar-refractivity contribution in [3.05, 3.63) is 47.0 Å². The molecule has 150 valence electrons. The number of rotatable bonds is 5. The van der Waals surface area contributed by atoms with Crippen molar-refractivity contribution >= 4 is 5.91 Å². The standard InChI is InChI=1S/C20H23F3N4O/c21-13-4-6-15(7-5-13)27-17-3-1-2-16(17)19(25-27)20(28)24-14-8-10-26(11-9-14)12-18(22)23/h4-7,14,18H,1-3,8-12H2,(H,24,28). The normalized spacial score (nSPS) is 17.9.